The Balaban J connectivity index is 1.21. The molecule has 0 aliphatic rings. The van der Waals surface area contributed by atoms with Crippen molar-refractivity contribution in [2.24, 2.45) is 0 Å². The highest BCUT2D eigenvalue weighted by molar-refractivity contribution is 7.25. The van der Waals surface area contributed by atoms with Gasteiger partial charge in [-0.15, -0.1) is 11.3 Å². The summed E-state index contributed by atoms with van der Waals surface area (Å²) in [7, 11) is 0. The molecule has 1 heterocycles. The number of benzene rings is 8. The molecule has 0 aliphatic carbocycles. The van der Waals surface area contributed by atoms with Gasteiger partial charge in [0.05, 0.1) is 5.69 Å². The number of rotatable bonds is 5. The van der Waals surface area contributed by atoms with Crippen molar-refractivity contribution in [3.8, 4) is 22.3 Å². The standard InChI is InChI=1S/C44H29NS/c1-2-12-32-26-35(23-22-30(32)10-1)33-14-7-16-37(27-33)45(42-20-9-13-31-11-3-4-18-39(31)42)38-17-8-15-34(28-38)36-24-25-44-41(29-36)40-19-5-6-21-43(40)46-44/h1-29H. The third-order valence-corrected chi connectivity index (χ3v) is 10.2. The Morgan fingerprint density at radius 3 is 1.70 bits per heavy atom. The zero-order valence-corrected chi connectivity index (χ0v) is 25.9. The van der Waals surface area contributed by atoms with Crippen LogP contribution in [0.25, 0.3) is 64.0 Å². The van der Waals surface area contributed by atoms with E-state index in [0.717, 1.165) is 17.1 Å². The molecule has 46 heavy (non-hydrogen) atoms. The molecule has 0 unspecified atom stereocenters. The first kappa shape index (κ1) is 26.7. The smallest absolute Gasteiger partial charge is 0.0540 e. The zero-order valence-electron chi connectivity index (χ0n) is 25.1. The van der Waals surface area contributed by atoms with Gasteiger partial charge in [0.1, 0.15) is 0 Å². The fourth-order valence-corrected chi connectivity index (χ4v) is 7.84. The molecule has 0 spiro atoms. The van der Waals surface area contributed by atoms with Gasteiger partial charge in [0.15, 0.2) is 0 Å². The molecule has 1 nitrogen and oxygen atoms in total. The van der Waals surface area contributed by atoms with Crippen LogP contribution in [0.3, 0.4) is 0 Å². The summed E-state index contributed by atoms with van der Waals surface area (Å²) in [6.07, 6.45) is 0. The minimum atomic E-state index is 1.12. The molecular formula is C44H29NS. The molecule has 0 N–H and O–H groups in total. The fourth-order valence-electron chi connectivity index (χ4n) is 6.75. The summed E-state index contributed by atoms with van der Waals surface area (Å²) in [5.41, 5.74) is 8.23. The molecule has 2 heteroatoms. The molecule has 1 aromatic heterocycles. The van der Waals surface area contributed by atoms with Crippen LogP contribution in [0, 0.1) is 0 Å². The summed E-state index contributed by atoms with van der Waals surface area (Å²) in [6.45, 7) is 0. The van der Waals surface area contributed by atoms with Crippen LogP contribution in [0.15, 0.2) is 176 Å². The first-order chi connectivity index (χ1) is 22.8. The Bertz CT molecular complexity index is 2550. The van der Waals surface area contributed by atoms with Gasteiger partial charge in [0, 0.05) is 36.9 Å². The third kappa shape index (κ3) is 4.63. The van der Waals surface area contributed by atoms with Crippen LogP contribution in [-0.2, 0) is 0 Å². The van der Waals surface area contributed by atoms with E-state index < -0.39 is 0 Å². The number of anilines is 3. The maximum Gasteiger partial charge on any atom is 0.0540 e. The van der Waals surface area contributed by atoms with Gasteiger partial charge in [-0.25, -0.2) is 0 Å². The Kier molecular flexibility index (Phi) is 6.40. The van der Waals surface area contributed by atoms with Gasteiger partial charge in [0.25, 0.3) is 0 Å². The van der Waals surface area contributed by atoms with Crippen LogP contribution in [0.4, 0.5) is 17.1 Å². The lowest BCUT2D eigenvalue weighted by atomic mass is 9.99. The van der Waals surface area contributed by atoms with Crippen molar-refractivity contribution < 1.29 is 0 Å². The van der Waals surface area contributed by atoms with Gasteiger partial charge >= 0.3 is 0 Å². The average Bonchev–Trinajstić information content (AvgIpc) is 3.50. The Morgan fingerprint density at radius 1 is 0.326 bits per heavy atom. The third-order valence-electron chi connectivity index (χ3n) is 9.01. The van der Waals surface area contributed by atoms with E-state index in [1.165, 1.54) is 64.0 Å². The average molecular weight is 604 g/mol. The lowest BCUT2D eigenvalue weighted by Crippen LogP contribution is -2.10. The van der Waals surface area contributed by atoms with Gasteiger partial charge < -0.3 is 4.90 Å². The molecule has 9 aromatic rings. The molecule has 0 saturated carbocycles. The second kappa shape index (κ2) is 11.0. The molecule has 0 bridgehead atoms. The molecule has 8 aromatic carbocycles. The first-order valence-corrected chi connectivity index (χ1v) is 16.5. The van der Waals surface area contributed by atoms with E-state index in [2.05, 4.69) is 181 Å². The van der Waals surface area contributed by atoms with Crippen molar-refractivity contribution in [2.45, 2.75) is 0 Å². The van der Waals surface area contributed by atoms with Gasteiger partial charge in [-0.05, 0) is 93.0 Å². The van der Waals surface area contributed by atoms with Crippen molar-refractivity contribution in [3.05, 3.63) is 176 Å². The van der Waals surface area contributed by atoms with E-state index in [9.17, 15) is 0 Å². The predicted octanol–water partition coefficient (Wildman–Crippen LogP) is 13.2. The summed E-state index contributed by atoms with van der Waals surface area (Å²) < 4.78 is 2.65. The fraction of sp³-hybridized carbons (Fsp3) is 0. The van der Waals surface area contributed by atoms with Crippen LogP contribution >= 0.6 is 11.3 Å². The summed E-state index contributed by atoms with van der Waals surface area (Å²) >= 11 is 1.86. The second-order valence-corrected chi connectivity index (χ2v) is 12.9. The summed E-state index contributed by atoms with van der Waals surface area (Å²) in [5.74, 6) is 0. The van der Waals surface area contributed by atoms with E-state index in [1.54, 1.807) is 0 Å². The molecule has 0 atom stereocenters. The van der Waals surface area contributed by atoms with E-state index in [4.69, 9.17) is 0 Å². The largest absolute Gasteiger partial charge is 0.310 e. The lowest BCUT2D eigenvalue weighted by molar-refractivity contribution is 1.30. The molecule has 0 aliphatic heterocycles. The van der Waals surface area contributed by atoms with Gasteiger partial charge in [-0.1, -0.05) is 121 Å². The zero-order chi connectivity index (χ0) is 30.5. The quantitative estimate of drug-likeness (QED) is 0.189. The van der Waals surface area contributed by atoms with Crippen LogP contribution in [0.2, 0.25) is 0 Å². The van der Waals surface area contributed by atoms with Gasteiger partial charge in [-0.3, -0.25) is 0 Å². The van der Waals surface area contributed by atoms with Crippen molar-refractivity contribution in [1.82, 2.24) is 0 Å². The summed E-state index contributed by atoms with van der Waals surface area (Å²) in [4.78, 5) is 2.41. The van der Waals surface area contributed by atoms with Crippen LogP contribution < -0.4 is 4.90 Å². The highest BCUT2D eigenvalue weighted by Crippen LogP contribution is 2.42. The topological polar surface area (TPSA) is 3.24 Å². The highest BCUT2D eigenvalue weighted by atomic mass is 32.1. The monoisotopic (exact) mass is 603 g/mol. The van der Waals surface area contributed by atoms with E-state index in [0.29, 0.717) is 0 Å². The van der Waals surface area contributed by atoms with Crippen molar-refractivity contribution in [1.29, 1.82) is 0 Å². The van der Waals surface area contributed by atoms with Gasteiger partial charge in [-0.2, -0.15) is 0 Å². The molecule has 9 rings (SSSR count). The Hall–Kier alpha value is -5.70. The second-order valence-electron chi connectivity index (χ2n) is 11.8. The molecule has 0 amide bonds. The van der Waals surface area contributed by atoms with E-state index >= 15 is 0 Å². The maximum atomic E-state index is 2.41. The minimum Gasteiger partial charge on any atom is -0.310 e. The van der Waals surface area contributed by atoms with Crippen molar-refractivity contribution in [2.75, 3.05) is 4.90 Å². The first-order valence-electron chi connectivity index (χ1n) is 15.7. The molecule has 0 fully saturated rings. The normalized spacial score (nSPS) is 11.5. The van der Waals surface area contributed by atoms with Crippen LogP contribution in [0.5, 0.6) is 0 Å². The number of hydrogen-bond acceptors (Lipinski definition) is 2. The SMILES string of the molecule is c1cc(-c2ccc3ccccc3c2)cc(N(c2cccc(-c3ccc4sc5ccccc5c4c3)c2)c2cccc3ccccc23)c1. The number of hydrogen-bond donors (Lipinski definition) is 0. The highest BCUT2D eigenvalue weighted by Gasteiger charge is 2.17. The molecule has 216 valence electrons. The van der Waals surface area contributed by atoms with Gasteiger partial charge in [0.2, 0.25) is 0 Å². The van der Waals surface area contributed by atoms with Crippen LogP contribution in [0.1, 0.15) is 0 Å². The van der Waals surface area contributed by atoms with E-state index in [1.807, 2.05) is 11.3 Å². The summed E-state index contributed by atoms with van der Waals surface area (Å²) in [5, 5.41) is 7.59. The van der Waals surface area contributed by atoms with Crippen molar-refractivity contribution >= 4 is 70.1 Å². The number of thiophene rings is 1. The van der Waals surface area contributed by atoms with Crippen LogP contribution in [-0.4, -0.2) is 0 Å². The van der Waals surface area contributed by atoms with E-state index in [-0.39, 0.29) is 0 Å². The molecule has 0 saturated heterocycles. The maximum absolute atomic E-state index is 2.41. The predicted molar refractivity (Wildman–Crippen MR) is 200 cm³/mol. The number of nitrogens with zero attached hydrogens (tertiary/aromatic N) is 1. The van der Waals surface area contributed by atoms with Crippen molar-refractivity contribution in [3.63, 3.8) is 0 Å². The lowest BCUT2D eigenvalue weighted by Gasteiger charge is -2.28. The summed E-state index contributed by atoms with van der Waals surface area (Å²) in [6, 6.07) is 64.1. The molecular weight excluding hydrogens is 575 g/mol. The number of fused-ring (bicyclic) bond motifs is 5. The minimum absolute atomic E-state index is 1.12. The Morgan fingerprint density at radius 2 is 0.891 bits per heavy atom. The molecule has 0 radical (unpaired) electrons. The Labute approximate surface area is 272 Å².